The van der Waals surface area contributed by atoms with Crippen molar-refractivity contribution in [3.05, 3.63) is 36.0 Å². The predicted molar refractivity (Wildman–Crippen MR) is 56.6 cm³/mol. The molecule has 1 heterocycles. The third kappa shape index (κ3) is 1.41. The van der Waals surface area contributed by atoms with Gasteiger partial charge < -0.3 is 4.98 Å². The monoisotopic (exact) mass is 190 g/mol. The molecule has 0 bridgehead atoms. The second-order valence-electron chi connectivity index (χ2n) is 3.91. The van der Waals surface area contributed by atoms with E-state index in [1.807, 2.05) is 32.2 Å². The van der Waals surface area contributed by atoms with Crippen molar-refractivity contribution < 1.29 is 4.84 Å². The van der Waals surface area contributed by atoms with E-state index in [0.29, 0.717) is 0 Å². The molecule has 0 radical (unpaired) electrons. The first-order valence-electron chi connectivity index (χ1n) is 4.59. The van der Waals surface area contributed by atoms with E-state index in [2.05, 4.69) is 17.1 Å². The highest BCUT2D eigenvalue weighted by molar-refractivity contribution is 5.80. The molecule has 0 amide bonds. The van der Waals surface area contributed by atoms with E-state index in [0.717, 1.165) is 11.1 Å². The van der Waals surface area contributed by atoms with Gasteiger partial charge in [-0.05, 0) is 36.9 Å². The summed E-state index contributed by atoms with van der Waals surface area (Å²) in [6.07, 6.45) is 1.92. The van der Waals surface area contributed by atoms with Crippen molar-refractivity contribution in [2.75, 3.05) is 0 Å². The van der Waals surface area contributed by atoms with Crippen LogP contribution in [0.2, 0.25) is 0 Å². The highest BCUT2D eigenvalue weighted by atomic mass is 16.6. The van der Waals surface area contributed by atoms with E-state index in [9.17, 15) is 0 Å². The van der Waals surface area contributed by atoms with Crippen molar-refractivity contribution in [2.45, 2.75) is 19.4 Å². The fourth-order valence-corrected chi connectivity index (χ4v) is 1.49. The first-order chi connectivity index (χ1) is 6.63. The van der Waals surface area contributed by atoms with Crippen LogP contribution in [0.1, 0.15) is 19.4 Å². The summed E-state index contributed by atoms with van der Waals surface area (Å²) >= 11 is 0. The van der Waals surface area contributed by atoms with Crippen LogP contribution in [0.15, 0.2) is 30.5 Å². The molecule has 3 N–H and O–H groups in total. The standard InChI is InChI=1S/C11H14N2O/c1-11(2,14-12)9-4-3-8-5-6-13-10(8)7-9/h3-7,13H,12H2,1-2H3. The molecule has 0 aliphatic heterocycles. The smallest absolute Gasteiger partial charge is 0.109 e. The molecule has 2 rings (SSSR count). The second-order valence-corrected chi connectivity index (χ2v) is 3.91. The van der Waals surface area contributed by atoms with Gasteiger partial charge in [0.25, 0.3) is 0 Å². The van der Waals surface area contributed by atoms with E-state index in [4.69, 9.17) is 10.7 Å². The van der Waals surface area contributed by atoms with Gasteiger partial charge in [-0.2, -0.15) is 0 Å². The van der Waals surface area contributed by atoms with Gasteiger partial charge in [0, 0.05) is 11.7 Å². The predicted octanol–water partition coefficient (Wildman–Crippen LogP) is 2.29. The van der Waals surface area contributed by atoms with Crippen LogP contribution < -0.4 is 5.90 Å². The maximum absolute atomic E-state index is 5.25. The lowest BCUT2D eigenvalue weighted by Crippen LogP contribution is -2.25. The Balaban J connectivity index is 2.53. The number of hydrogen-bond acceptors (Lipinski definition) is 2. The fourth-order valence-electron chi connectivity index (χ4n) is 1.49. The van der Waals surface area contributed by atoms with Gasteiger partial charge in [0.15, 0.2) is 0 Å². The Kier molecular flexibility index (Phi) is 2.06. The van der Waals surface area contributed by atoms with Crippen molar-refractivity contribution in [1.82, 2.24) is 4.98 Å². The number of nitrogens with one attached hydrogen (secondary N) is 1. The molecule has 2 aromatic rings. The molecular formula is C11H14N2O. The van der Waals surface area contributed by atoms with Crippen LogP contribution in [0, 0.1) is 0 Å². The number of rotatable bonds is 2. The Labute approximate surface area is 82.8 Å². The lowest BCUT2D eigenvalue weighted by molar-refractivity contribution is -0.0235. The molecule has 1 aromatic carbocycles. The molecule has 0 saturated carbocycles. The second kappa shape index (κ2) is 3.12. The summed E-state index contributed by atoms with van der Waals surface area (Å²) in [6.45, 7) is 3.88. The van der Waals surface area contributed by atoms with E-state index in [-0.39, 0.29) is 0 Å². The minimum Gasteiger partial charge on any atom is -0.361 e. The van der Waals surface area contributed by atoms with Crippen LogP contribution in [0.3, 0.4) is 0 Å². The number of hydrogen-bond donors (Lipinski definition) is 2. The quantitative estimate of drug-likeness (QED) is 0.714. The topological polar surface area (TPSA) is 51.0 Å². The van der Waals surface area contributed by atoms with Gasteiger partial charge in [0.2, 0.25) is 0 Å². The maximum atomic E-state index is 5.25. The molecule has 0 aliphatic carbocycles. The summed E-state index contributed by atoms with van der Waals surface area (Å²) < 4.78 is 0. The third-order valence-corrected chi connectivity index (χ3v) is 2.54. The number of benzene rings is 1. The van der Waals surface area contributed by atoms with Crippen molar-refractivity contribution in [3.8, 4) is 0 Å². The Bertz CT molecular complexity index is 445. The number of fused-ring (bicyclic) bond motifs is 1. The number of aromatic amines is 1. The minimum atomic E-state index is -0.445. The molecule has 1 aromatic heterocycles. The third-order valence-electron chi connectivity index (χ3n) is 2.54. The summed E-state index contributed by atoms with van der Waals surface area (Å²) in [5.74, 6) is 5.25. The highest BCUT2D eigenvalue weighted by Crippen LogP contribution is 2.25. The zero-order valence-electron chi connectivity index (χ0n) is 8.37. The minimum absolute atomic E-state index is 0.445. The molecular weight excluding hydrogens is 176 g/mol. The van der Waals surface area contributed by atoms with Gasteiger partial charge in [0.1, 0.15) is 5.60 Å². The molecule has 0 spiro atoms. The van der Waals surface area contributed by atoms with Gasteiger partial charge >= 0.3 is 0 Å². The zero-order valence-corrected chi connectivity index (χ0v) is 8.37. The molecule has 0 unspecified atom stereocenters. The molecule has 74 valence electrons. The molecule has 0 fully saturated rings. The molecule has 14 heavy (non-hydrogen) atoms. The zero-order chi connectivity index (χ0) is 10.2. The number of nitrogens with two attached hydrogens (primary N) is 1. The fraction of sp³-hybridized carbons (Fsp3) is 0.273. The van der Waals surface area contributed by atoms with E-state index >= 15 is 0 Å². The van der Waals surface area contributed by atoms with Crippen molar-refractivity contribution in [1.29, 1.82) is 0 Å². The summed E-state index contributed by atoms with van der Waals surface area (Å²) in [4.78, 5) is 8.10. The van der Waals surface area contributed by atoms with Gasteiger partial charge in [-0.1, -0.05) is 12.1 Å². The molecule has 3 heteroatoms. The van der Waals surface area contributed by atoms with E-state index in [1.54, 1.807) is 0 Å². The van der Waals surface area contributed by atoms with Gasteiger partial charge in [0.05, 0.1) is 0 Å². The van der Waals surface area contributed by atoms with Gasteiger partial charge in [-0.3, -0.25) is 4.84 Å². The van der Waals surface area contributed by atoms with Crippen molar-refractivity contribution in [3.63, 3.8) is 0 Å². The summed E-state index contributed by atoms with van der Waals surface area (Å²) in [5, 5.41) is 1.20. The molecule has 0 aliphatic rings. The normalized spacial score (nSPS) is 12.2. The van der Waals surface area contributed by atoms with Crippen LogP contribution in [-0.4, -0.2) is 4.98 Å². The first-order valence-corrected chi connectivity index (χ1v) is 4.59. The average Bonchev–Trinajstić information content (AvgIpc) is 2.64. The van der Waals surface area contributed by atoms with Gasteiger partial charge in [-0.25, -0.2) is 5.90 Å². The van der Waals surface area contributed by atoms with E-state index in [1.165, 1.54) is 5.39 Å². The van der Waals surface area contributed by atoms with E-state index < -0.39 is 5.60 Å². The van der Waals surface area contributed by atoms with Crippen molar-refractivity contribution >= 4 is 10.9 Å². The average molecular weight is 190 g/mol. The molecule has 0 saturated heterocycles. The van der Waals surface area contributed by atoms with Crippen LogP contribution in [0.5, 0.6) is 0 Å². The summed E-state index contributed by atoms with van der Waals surface area (Å²) in [7, 11) is 0. The Morgan fingerprint density at radius 2 is 2.07 bits per heavy atom. The highest BCUT2D eigenvalue weighted by Gasteiger charge is 2.20. The van der Waals surface area contributed by atoms with Crippen molar-refractivity contribution in [2.24, 2.45) is 5.90 Å². The largest absolute Gasteiger partial charge is 0.361 e. The number of aromatic nitrogens is 1. The Morgan fingerprint density at radius 3 is 2.79 bits per heavy atom. The molecule has 0 atom stereocenters. The lowest BCUT2D eigenvalue weighted by Gasteiger charge is -2.22. The lowest BCUT2D eigenvalue weighted by atomic mass is 9.97. The van der Waals surface area contributed by atoms with Crippen LogP contribution in [-0.2, 0) is 10.4 Å². The van der Waals surface area contributed by atoms with Crippen LogP contribution in [0.25, 0.3) is 10.9 Å². The summed E-state index contributed by atoms with van der Waals surface area (Å²) in [6, 6.07) is 8.18. The summed E-state index contributed by atoms with van der Waals surface area (Å²) in [5.41, 5.74) is 1.72. The first kappa shape index (κ1) is 9.24. The van der Waals surface area contributed by atoms with Crippen LogP contribution >= 0.6 is 0 Å². The van der Waals surface area contributed by atoms with Crippen LogP contribution in [0.4, 0.5) is 0 Å². The Morgan fingerprint density at radius 1 is 1.29 bits per heavy atom. The number of H-pyrrole nitrogens is 1. The Hall–Kier alpha value is -1.32. The van der Waals surface area contributed by atoms with Gasteiger partial charge in [-0.15, -0.1) is 0 Å². The maximum Gasteiger partial charge on any atom is 0.109 e. The molecule has 3 nitrogen and oxygen atoms in total. The SMILES string of the molecule is CC(C)(ON)c1ccc2cc[nH]c2c1.